The lowest BCUT2D eigenvalue weighted by Gasteiger charge is -2.27. The van der Waals surface area contributed by atoms with Crippen molar-refractivity contribution in [3.05, 3.63) is 46.3 Å². The second-order valence-corrected chi connectivity index (χ2v) is 8.58. The molecular formula is C23H30N4O2. The number of carbonyl (C=O) groups excluding carboxylic acids is 1. The summed E-state index contributed by atoms with van der Waals surface area (Å²) in [6.45, 7) is 5.59. The van der Waals surface area contributed by atoms with Crippen LogP contribution in [0.3, 0.4) is 0 Å². The number of carbonyl (C=O) groups is 1. The zero-order chi connectivity index (χ0) is 19.8. The van der Waals surface area contributed by atoms with Gasteiger partial charge in [-0.1, -0.05) is 12.1 Å². The van der Waals surface area contributed by atoms with E-state index >= 15 is 0 Å². The molecule has 6 heteroatoms. The van der Waals surface area contributed by atoms with Crippen molar-refractivity contribution in [3.8, 4) is 5.75 Å². The van der Waals surface area contributed by atoms with Crippen molar-refractivity contribution in [2.45, 2.75) is 51.6 Å². The molecule has 1 fully saturated rings. The first-order valence-electron chi connectivity index (χ1n) is 11.0. The fraction of sp³-hybridized carbons (Fsp3) is 0.565. The summed E-state index contributed by atoms with van der Waals surface area (Å²) < 4.78 is 7.67. The van der Waals surface area contributed by atoms with Gasteiger partial charge in [-0.05, 0) is 30.0 Å². The molecule has 6 nitrogen and oxygen atoms in total. The normalized spacial score (nSPS) is 18.6. The number of likely N-dealkylation sites (tertiary alicyclic amines) is 1. The predicted octanol–water partition coefficient (Wildman–Crippen LogP) is 2.47. The number of aryl methyl sites for hydroxylation is 2. The molecule has 0 radical (unpaired) electrons. The van der Waals surface area contributed by atoms with Crippen molar-refractivity contribution >= 4 is 5.91 Å². The van der Waals surface area contributed by atoms with E-state index < -0.39 is 0 Å². The van der Waals surface area contributed by atoms with Crippen molar-refractivity contribution in [1.82, 2.24) is 19.6 Å². The molecule has 1 amide bonds. The van der Waals surface area contributed by atoms with Crippen LogP contribution in [-0.2, 0) is 44.2 Å². The Bertz CT molecular complexity index is 914. The Morgan fingerprint density at radius 1 is 1.17 bits per heavy atom. The first-order valence-corrected chi connectivity index (χ1v) is 11.0. The highest BCUT2D eigenvalue weighted by molar-refractivity contribution is 5.76. The van der Waals surface area contributed by atoms with Crippen molar-refractivity contribution in [3.63, 3.8) is 0 Å². The SMILES string of the molecule is Cn1nc(CCC(=O)N2CCCC2)c2c1CCN(Cc1ccc3c(c1)CCO3)C2. The Labute approximate surface area is 172 Å². The van der Waals surface area contributed by atoms with Crippen LogP contribution in [0.15, 0.2) is 18.2 Å². The Kier molecular flexibility index (Phi) is 5.04. The lowest BCUT2D eigenvalue weighted by atomic mass is 10.0. The van der Waals surface area contributed by atoms with Gasteiger partial charge in [0.25, 0.3) is 0 Å². The second-order valence-electron chi connectivity index (χ2n) is 8.58. The van der Waals surface area contributed by atoms with Gasteiger partial charge in [-0.3, -0.25) is 14.4 Å². The van der Waals surface area contributed by atoms with E-state index in [0.29, 0.717) is 6.42 Å². The summed E-state index contributed by atoms with van der Waals surface area (Å²) in [7, 11) is 2.04. The minimum atomic E-state index is 0.287. The minimum Gasteiger partial charge on any atom is -0.493 e. The highest BCUT2D eigenvalue weighted by Gasteiger charge is 2.25. The van der Waals surface area contributed by atoms with Crippen LogP contribution < -0.4 is 4.74 Å². The number of amides is 1. The molecular weight excluding hydrogens is 364 g/mol. The van der Waals surface area contributed by atoms with Crippen molar-refractivity contribution in [1.29, 1.82) is 0 Å². The molecule has 154 valence electrons. The number of benzene rings is 1. The quantitative estimate of drug-likeness (QED) is 0.782. The summed E-state index contributed by atoms with van der Waals surface area (Å²) in [6.07, 6.45) is 5.66. The standard InChI is InChI=1S/C23H30N4O2/c1-25-21-8-12-26(15-17-4-6-22-18(14-17)9-13-29-22)16-19(21)20(24-25)5-7-23(28)27-10-2-3-11-27/h4,6,14H,2-3,5,7-13,15-16H2,1H3. The highest BCUT2D eigenvalue weighted by atomic mass is 16.5. The third-order valence-electron chi connectivity index (χ3n) is 6.60. The van der Waals surface area contributed by atoms with E-state index in [4.69, 9.17) is 9.84 Å². The molecule has 4 heterocycles. The van der Waals surface area contributed by atoms with Crippen molar-refractivity contribution < 1.29 is 9.53 Å². The van der Waals surface area contributed by atoms with Crippen LogP contribution in [0.4, 0.5) is 0 Å². The number of aromatic nitrogens is 2. The first kappa shape index (κ1) is 18.7. The van der Waals surface area contributed by atoms with Gasteiger partial charge in [0, 0.05) is 76.7 Å². The third kappa shape index (κ3) is 3.78. The lowest BCUT2D eigenvalue weighted by molar-refractivity contribution is -0.130. The van der Waals surface area contributed by atoms with Gasteiger partial charge in [-0.15, -0.1) is 0 Å². The lowest BCUT2D eigenvalue weighted by Crippen LogP contribution is -2.31. The molecule has 0 N–H and O–H groups in total. The van der Waals surface area contributed by atoms with E-state index in [1.165, 1.54) is 22.4 Å². The second kappa shape index (κ2) is 7.82. The van der Waals surface area contributed by atoms with Gasteiger partial charge in [-0.2, -0.15) is 5.10 Å². The van der Waals surface area contributed by atoms with Gasteiger partial charge in [-0.25, -0.2) is 0 Å². The molecule has 0 saturated carbocycles. The van der Waals surface area contributed by atoms with E-state index in [1.54, 1.807) is 0 Å². The molecule has 3 aliphatic rings. The minimum absolute atomic E-state index is 0.287. The zero-order valence-corrected chi connectivity index (χ0v) is 17.3. The van der Waals surface area contributed by atoms with E-state index in [1.807, 2.05) is 16.6 Å². The summed E-state index contributed by atoms with van der Waals surface area (Å²) in [4.78, 5) is 17.0. The summed E-state index contributed by atoms with van der Waals surface area (Å²) in [5, 5.41) is 4.78. The van der Waals surface area contributed by atoms with Gasteiger partial charge < -0.3 is 9.64 Å². The van der Waals surface area contributed by atoms with Crippen LogP contribution >= 0.6 is 0 Å². The van der Waals surface area contributed by atoms with Gasteiger partial charge in [0.15, 0.2) is 0 Å². The topological polar surface area (TPSA) is 50.6 Å². The molecule has 0 unspecified atom stereocenters. The number of hydrogen-bond donors (Lipinski definition) is 0. The monoisotopic (exact) mass is 394 g/mol. The smallest absolute Gasteiger partial charge is 0.222 e. The Balaban J connectivity index is 1.26. The van der Waals surface area contributed by atoms with Crippen LogP contribution in [0.25, 0.3) is 0 Å². The molecule has 0 atom stereocenters. The maximum atomic E-state index is 12.5. The Morgan fingerprint density at radius 2 is 2.03 bits per heavy atom. The van der Waals surface area contributed by atoms with Crippen LogP contribution in [0, 0.1) is 0 Å². The van der Waals surface area contributed by atoms with Crippen molar-refractivity contribution in [2.75, 3.05) is 26.2 Å². The molecule has 5 rings (SSSR count). The van der Waals surface area contributed by atoms with Gasteiger partial charge in [0.1, 0.15) is 5.75 Å². The largest absolute Gasteiger partial charge is 0.493 e. The number of ether oxygens (including phenoxy) is 1. The fourth-order valence-corrected chi connectivity index (χ4v) is 5.01. The number of rotatable bonds is 5. The molecule has 2 aromatic rings. The van der Waals surface area contributed by atoms with Crippen LogP contribution in [0.1, 0.15) is 47.3 Å². The molecule has 0 spiro atoms. The third-order valence-corrected chi connectivity index (χ3v) is 6.60. The first-order chi connectivity index (χ1) is 14.2. The van der Waals surface area contributed by atoms with Gasteiger partial charge in [0.05, 0.1) is 12.3 Å². The molecule has 0 aliphatic carbocycles. The van der Waals surface area contributed by atoms with Crippen molar-refractivity contribution in [2.24, 2.45) is 7.05 Å². The number of nitrogens with zero attached hydrogens (tertiary/aromatic N) is 4. The Hall–Kier alpha value is -2.34. The molecule has 1 aromatic heterocycles. The molecule has 0 bridgehead atoms. The highest BCUT2D eigenvalue weighted by Crippen LogP contribution is 2.28. The van der Waals surface area contributed by atoms with Crippen LogP contribution in [-0.4, -0.2) is 51.7 Å². The summed E-state index contributed by atoms with van der Waals surface area (Å²) >= 11 is 0. The molecule has 1 saturated heterocycles. The summed E-state index contributed by atoms with van der Waals surface area (Å²) in [6, 6.07) is 6.61. The average molecular weight is 395 g/mol. The van der Waals surface area contributed by atoms with Gasteiger partial charge in [0.2, 0.25) is 5.91 Å². The summed E-state index contributed by atoms with van der Waals surface area (Å²) in [5.41, 5.74) is 6.49. The summed E-state index contributed by atoms with van der Waals surface area (Å²) in [5.74, 6) is 1.34. The molecule has 1 aromatic carbocycles. The van der Waals surface area contributed by atoms with E-state index in [2.05, 4.69) is 23.1 Å². The Morgan fingerprint density at radius 3 is 2.90 bits per heavy atom. The van der Waals surface area contributed by atoms with Gasteiger partial charge >= 0.3 is 0 Å². The molecule has 3 aliphatic heterocycles. The van der Waals surface area contributed by atoms with E-state index in [-0.39, 0.29) is 5.91 Å². The molecule has 29 heavy (non-hydrogen) atoms. The number of fused-ring (bicyclic) bond motifs is 2. The number of hydrogen-bond acceptors (Lipinski definition) is 4. The predicted molar refractivity (Wildman–Crippen MR) is 111 cm³/mol. The maximum Gasteiger partial charge on any atom is 0.222 e. The van der Waals surface area contributed by atoms with Crippen LogP contribution in [0.2, 0.25) is 0 Å². The zero-order valence-electron chi connectivity index (χ0n) is 17.3. The average Bonchev–Trinajstić information content (AvgIpc) is 3.47. The van der Waals surface area contributed by atoms with Crippen LogP contribution in [0.5, 0.6) is 5.75 Å². The maximum absolute atomic E-state index is 12.5. The van der Waals surface area contributed by atoms with E-state index in [9.17, 15) is 4.79 Å². The van der Waals surface area contributed by atoms with E-state index in [0.717, 1.165) is 82.9 Å². The fourth-order valence-electron chi connectivity index (χ4n) is 5.01.